The number of benzene rings is 1. The van der Waals surface area contributed by atoms with Crippen LogP contribution in [0.3, 0.4) is 0 Å². The molecule has 198 valence electrons. The SMILES string of the molecule is CC(C)[C@H](NC(=O)[C@H](CCC(=O)O)NC(=O)[C@@H](N)CC(=O)O)C(=O)N[C@@H](Cc1ccccc1)C(=O)O. The molecular weight excluding hydrogens is 476 g/mol. The summed E-state index contributed by atoms with van der Waals surface area (Å²) >= 11 is 0. The minimum absolute atomic E-state index is 0.000561. The van der Waals surface area contributed by atoms with E-state index in [4.69, 9.17) is 15.9 Å². The number of nitrogens with two attached hydrogens (primary N) is 1. The van der Waals surface area contributed by atoms with E-state index >= 15 is 0 Å². The number of carbonyl (C=O) groups excluding carboxylic acids is 3. The number of hydrogen-bond acceptors (Lipinski definition) is 7. The zero-order chi connectivity index (χ0) is 27.4. The molecule has 0 unspecified atom stereocenters. The van der Waals surface area contributed by atoms with Crippen LogP contribution < -0.4 is 21.7 Å². The number of amides is 3. The maximum absolute atomic E-state index is 12.9. The number of aliphatic carboxylic acids is 3. The van der Waals surface area contributed by atoms with Crippen LogP contribution in [-0.4, -0.2) is 75.1 Å². The third-order valence-corrected chi connectivity index (χ3v) is 5.16. The normalized spacial score (nSPS) is 14.1. The van der Waals surface area contributed by atoms with Crippen molar-refractivity contribution in [2.24, 2.45) is 11.7 Å². The van der Waals surface area contributed by atoms with E-state index in [1.54, 1.807) is 44.2 Å². The van der Waals surface area contributed by atoms with Crippen molar-refractivity contribution < 1.29 is 44.1 Å². The highest BCUT2D eigenvalue weighted by Gasteiger charge is 2.32. The van der Waals surface area contributed by atoms with Gasteiger partial charge in [0.2, 0.25) is 17.7 Å². The van der Waals surface area contributed by atoms with Gasteiger partial charge in [-0.05, 0) is 17.9 Å². The van der Waals surface area contributed by atoms with Gasteiger partial charge in [0.15, 0.2) is 0 Å². The average molecular weight is 509 g/mol. The Labute approximate surface area is 207 Å². The molecule has 3 amide bonds. The van der Waals surface area contributed by atoms with Crippen LogP contribution in [-0.2, 0) is 35.2 Å². The van der Waals surface area contributed by atoms with Gasteiger partial charge in [0.1, 0.15) is 18.1 Å². The molecule has 13 nitrogen and oxygen atoms in total. The maximum atomic E-state index is 12.9. The second-order valence-corrected chi connectivity index (χ2v) is 8.52. The van der Waals surface area contributed by atoms with Crippen LogP contribution in [0.25, 0.3) is 0 Å². The summed E-state index contributed by atoms with van der Waals surface area (Å²) in [6.45, 7) is 3.20. The zero-order valence-electron chi connectivity index (χ0n) is 20.0. The molecule has 36 heavy (non-hydrogen) atoms. The van der Waals surface area contributed by atoms with Gasteiger partial charge in [-0.3, -0.25) is 24.0 Å². The highest BCUT2D eigenvalue weighted by molar-refractivity contribution is 5.95. The van der Waals surface area contributed by atoms with Gasteiger partial charge in [-0.2, -0.15) is 0 Å². The predicted molar refractivity (Wildman–Crippen MR) is 126 cm³/mol. The number of hydrogen-bond donors (Lipinski definition) is 7. The fraction of sp³-hybridized carbons (Fsp3) is 0.478. The summed E-state index contributed by atoms with van der Waals surface area (Å²) in [6, 6.07) is 3.20. The Bertz CT molecular complexity index is 952. The van der Waals surface area contributed by atoms with E-state index < -0.39 is 78.6 Å². The lowest BCUT2D eigenvalue weighted by Gasteiger charge is -2.27. The lowest BCUT2D eigenvalue weighted by Crippen LogP contribution is -2.58. The third-order valence-electron chi connectivity index (χ3n) is 5.16. The van der Waals surface area contributed by atoms with E-state index in [0.29, 0.717) is 5.56 Å². The molecule has 0 aliphatic rings. The summed E-state index contributed by atoms with van der Waals surface area (Å²) in [5.41, 5.74) is 6.18. The summed E-state index contributed by atoms with van der Waals surface area (Å²) in [7, 11) is 0. The van der Waals surface area contributed by atoms with Crippen molar-refractivity contribution >= 4 is 35.6 Å². The molecule has 1 aromatic rings. The van der Waals surface area contributed by atoms with Crippen molar-refractivity contribution in [3.8, 4) is 0 Å². The van der Waals surface area contributed by atoms with Gasteiger partial charge in [-0.25, -0.2) is 4.79 Å². The first-order valence-electron chi connectivity index (χ1n) is 11.2. The van der Waals surface area contributed by atoms with Gasteiger partial charge >= 0.3 is 17.9 Å². The standard InChI is InChI=1S/C23H32N4O9/c1-12(2)19(22(34)26-16(23(35)36)10-13-6-4-3-5-7-13)27-21(33)15(8-9-17(28)29)25-20(32)14(24)11-18(30)31/h3-7,12,14-16,19H,8-11,24H2,1-2H3,(H,25,32)(H,26,34)(H,27,33)(H,28,29)(H,30,31)(H,35,36)/t14-,15-,16-,19-/m0/s1. The summed E-state index contributed by atoms with van der Waals surface area (Å²) in [6.07, 6.45) is -1.58. The van der Waals surface area contributed by atoms with E-state index in [1.165, 1.54) is 0 Å². The second kappa shape index (κ2) is 14.4. The van der Waals surface area contributed by atoms with Gasteiger partial charge in [-0.15, -0.1) is 0 Å². The molecule has 0 spiro atoms. The Morgan fingerprint density at radius 2 is 1.39 bits per heavy atom. The Hall–Kier alpha value is -4.00. The van der Waals surface area contributed by atoms with Crippen molar-refractivity contribution in [1.29, 1.82) is 0 Å². The molecule has 1 rings (SSSR count). The summed E-state index contributed by atoms with van der Waals surface area (Å²) < 4.78 is 0. The van der Waals surface area contributed by atoms with Gasteiger partial charge < -0.3 is 37.0 Å². The molecule has 13 heteroatoms. The van der Waals surface area contributed by atoms with Crippen molar-refractivity contribution in [3.05, 3.63) is 35.9 Å². The van der Waals surface area contributed by atoms with Crippen LogP contribution in [0.4, 0.5) is 0 Å². The largest absolute Gasteiger partial charge is 0.481 e. The molecule has 0 aromatic heterocycles. The Morgan fingerprint density at radius 1 is 0.806 bits per heavy atom. The lowest BCUT2D eigenvalue weighted by molar-refractivity contribution is -0.142. The van der Waals surface area contributed by atoms with E-state index in [-0.39, 0.29) is 12.8 Å². The molecule has 8 N–H and O–H groups in total. The summed E-state index contributed by atoms with van der Waals surface area (Å²) in [4.78, 5) is 71.5. The van der Waals surface area contributed by atoms with Crippen LogP contribution in [0.15, 0.2) is 30.3 Å². The van der Waals surface area contributed by atoms with Crippen molar-refractivity contribution in [2.75, 3.05) is 0 Å². The highest BCUT2D eigenvalue weighted by atomic mass is 16.4. The van der Waals surface area contributed by atoms with Gasteiger partial charge in [0.25, 0.3) is 0 Å². The lowest BCUT2D eigenvalue weighted by atomic mass is 10.00. The molecule has 1 aromatic carbocycles. The smallest absolute Gasteiger partial charge is 0.326 e. The zero-order valence-corrected chi connectivity index (χ0v) is 20.0. The molecule has 0 fully saturated rings. The van der Waals surface area contributed by atoms with E-state index in [1.807, 2.05) is 0 Å². The third kappa shape index (κ3) is 10.5. The second-order valence-electron chi connectivity index (χ2n) is 8.52. The number of carboxylic acid groups (broad SMARTS) is 3. The van der Waals surface area contributed by atoms with E-state index in [2.05, 4.69) is 16.0 Å². The van der Waals surface area contributed by atoms with Gasteiger partial charge in [0.05, 0.1) is 12.5 Å². The van der Waals surface area contributed by atoms with Crippen molar-refractivity contribution in [1.82, 2.24) is 16.0 Å². The average Bonchev–Trinajstić information content (AvgIpc) is 2.79. The fourth-order valence-corrected chi connectivity index (χ4v) is 3.20. The molecule has 4 atom stereocenters. The number of nitrogens with one attached hydrogen (secondary N) is 3. The molecule has 0 radical (unpaired) electrons. The Balaban J connectivity index is 2.98. The van der Waals surface area contributed by atoms with Crippen LogP contribution in [0.2, 0.25) is 0 Å². The first kappa shape index (κ1) is 30.0. The maximum Gasteiger partial charge on any atom is 0.326 e. The summed E-state index contributed by atoms with van der Waals surface area (Å²) in [5, 5.41) is 34.4. The molecule has 0 heterocycles. The first-order valence-corrected chi connectivity index (χ1v) is 11.2. The topological polar surface area (TPSA) is 225 Å². The summed E-state index contributed by atoms with van der Waals surface area (Å²) in [5.74, 6) is -7.06. The fourth-order valence-electron chi connectivity index (χ4n) is 3.20. The Morgan fingerprint density at radius 3 is 1.89 bits per heavy atom. The van der Waals surface area contributed by atoms with Crippen molar-refractivity contribution in [2.45, 2.75) is 63.7 Å². The minimum Gasteiger partial charge on any atom is -0.481 e. The van der Waals surface area contributed by atoms with E-state index in [9.17, 15) is 33.9 Å². The Kier molecular flexibility index (Phi) is 12.0. The molecule has 0 aliphatic carbocycles. The van der Waals surface area contributed by atoms with Crippen LogP contribution in [0.5, 0.6) is 0 Å². The number of carbonyl (C=O) groups is 6. The number of rotatable bonds is 15. The predicted octanol–water partition coefficient (Wildman–Crippen LogP) is -0.909. The van der Waals surface area contributed by atoms with Crippen LogP contribution in [0, 0.1) is 5.92 Å². The van der Waals surface area contributed by atoms with Gasteiger partial charge in [0, 0.05) is 12.8 Å². The molecule has 0 aliphatic heterocycles. The van der Waals surface area contributed by atoms with E-state index in [0.717, 1.165) is 0 Å². The first-order chi connectivity index (χ1) is 16.8. The van der Waals surface area contributed by atoms with Crippen LogP contribution >= 0.6 is 0 Å². The highest BCUT2D eigenvalue weighted by Crippen LogP contribution is 2.08. The quantitative estimate of drug-likeness (QED) is 0.154. The molecule has 0 saturated heterocycles. The minimum atomic E-state index is -1.49. The molecule has 0 saturated carbocycles. The molecule has 0 bridgehead atoms. The number of carboxylic acids is 3. The van der Waals surface area contributed by atoms with Crippen LogP contribution in [0.1, 0.15) is 38.7 Å². The molecular formula is C23H32N4O9. The van der Waals surface area contributed by atoms with Gasteiger partial charge in [-0.1, -0.05) is 44.2 Å². The monoisotopic (exact) mass is 508 g/mol. The van der Waals surface area contributed by atoms with Crippen molar-refractivity contribution in [3.63, 3.8) is 0 Å².